The summed E-state index contributed by atoms with van der Waals surface area (Å²) in [5.41, 5.74) is 1.80. The van der Waals surface area contributed by atoms with Crippen molar-refractivity contribution < 1.29 is 29.0 Å². The minimum absolute atomic E-state index is 0.00147. The second-order valence-corrected chi connectivity index (χ2v) is 10.2. The summed E-state index contributed by atoms with van der Waals surface area (Å²) in [6.45, 7) is 1.70. The molecular formula is C26H27N5O6S. The van der Waals surface area contributed by atoms with Gasteiger partial charge in [0.2, 0.25) is 11.8 Å². The van der Waals surface area contributed by atoms with Crippen molar-refractivity contribution in [3.63, 3.8) is 0 Å². The molecule has 2 aromatic heterocycles. The minimum Gasteiger partial charge on any atom is -0.481 e. The number of benzene rings is 1. The Morgan fingerprint density at radius 1 is 1.21 bits per heavy atom. The van der Waals surface area contributed by atoms with Gasteiger partial charge in [0.15, 0.2) is 5.60 Å². The van der Waals surface area contributed by atoms with Crippen molar-refractivity contribution in [1.82, 2.24) is 14.9 Å². The molecule has 1 fully saturated rings. The summed E-state index contributed by atoms with van der Waals surface area (Å²) in [5, 5.41) is 15.2. The van der Waals surface area contributed by atoms with Gasteiger partial charge in [-0.05, 0) is 36.2 Å². The normalized spacial score (nSPS) is 16.8. The van der Waals surface area contributed by atoms with E-state index in [9.17, 15) is 19.5 Å². The number of pyridine rings is 2. The highest BCUT2D eigenvalue weighted by Crippen LogP contribution is 2.33. The van der Waals surface area contributed by atoms with Gasteiger partial charge in [0.25, 0.3) is 5.91 Å². The number of nitrogens with one attached hydrogen (secondary N) is 2. The molecule has 0 radical (unpaired) electrons. The van der Waals surface area contributed by atoms with E-state index in [-0.39, 0.29) is 18.7 Å². The van der Waals surface area contributed by atoms with Crippen molar-refractivity contribution in [2.45, 2.75) is 29.8 Å². The van der Waals surface area contributed by atoms with E-state index in [4.69, 9.17) is 9.47 Å². The number of aromatic nitrogens is 2. The Bertz CT molecular complexity index is 1390. The van der Waals surface area contributed by atoms with Crippen LogP contribution in [-0.4, -0.2) is 76.0 Å². The molecule has 4 heterocycles. The van der Waals surface area contributed by atoms with Crippen LogP contribution in [0.25, 0.3) is 11.0 Å². The van der Waals surface area contributed by atoms with Crippen LogP contribution < -0.4 is 15.4 Å². The van der Waals surface area contributed by atoms with E-state index < -0.39 is 17.7 Å². The van der Waals surface area contributed by atoms with E-state index in [1.165, 1.54) is 18.9 Å². The summed E-state index contributed by atoms with van der Waals surface area (Å²) in [6, 6.07) is 11.1. The van der Waals surface area contributed by atoms with Gasteiger partial charge in [-0.2, -0.15) is 0 Å². The molecule has 0 unspecified atom stereocenters. The molecule has 2 aliphatic rings. The molecule has 11 nitrogen and oxygen atoms in total. The first-order chi connectivity index (χ1) is 18.3. The zero-order chi connectivity index (χ0) is 26.7. The lowest BCUT2D eigenvalue weighted by Crippen LogP contribution is -2.54. The van der Waals surface area contributed by atoms with E-state index >= 15 is 0 Å². The molecule has 2 amide bonds. The van der Waals surface area contributed by atoms with Crippen LogP contribution in [0.3, 0.4) is 0 Å². The van der Waals surface area contributed by atoms with E-state index in [0.29, 0.717) is 41.4 Å². The van der Waals surface area contributed by atoms with Crippen LogP contribution in [0.4, 0.5) is 16.2 Å². The van der Waals surface area contributed by atoms with Gasteiger partial charge in [-0.3, -0.25) is 14.6 Å². The van der Waals surface area contributed by atoms with Crippen LogP contribution in [0, 0.1) is 0 Å². The fraction of sp³-hybridized carbons (Fsp3) is 0.346. The first-order valence-corrected chi connectivity index (χ1v) is 13.1. The van der Waals surface area contributed by atoms with Crippen LogP contribution in [0.2, 0.25) is 0 Å². The highest BCUT2D eigenvalue weighted by atomic mass is 32.2. The maximum absolute atomic E-state index is 13.4. The maximum Gasteiger partial charge on any atom is 0.506 e. The van der Waals surface area contributed by atoms with E-state index in [0.717, 1.165) is 29.1 Å². The third-order valence-electron chi connectivity index (χ3n) is 6.77. The number of methoxy groups -OCH3 is 1. The fourth-order valence-electron chi connectivity index (χ4n) is 4.71. The Hall–Kier alpha value is -3.90. The van der Waals surface area contributed by atoms with Crippen LogP contribution in [-0.2, 0) is 20.7 Å². The molecule has 38 heavy (non-hydrogen) atoms. The number of fused-ring (bicyclic) bond motifs is 2. The average molecular weight is 538 g/mol. The second kappa shape index (κ2) is 10.8. The van der Waals surface area contributed by atoms with E-state index in [1.54, 1.807) is 24.4 Å². The summed E-state index contributed by atoms with van der Waals surface area (Å²) in [7, 11) is 1.49. The number of hydrogen-bond acceptors (Lipinski definition) is 9. The number of piperidine rings is 1. The number of amides is 2. The SMILES string of the molecule is COc1ccc2nccc(NC(=O)C3(OC(=O)O)CCN(CCc4ccc5c(c4)NC(=O)CS5)CC3)c2n1. The predicted molar refractivity (Wildman–Crippen MR) is 142 cm³/mol. The third kappa shape index (κ3) is 5.50. The van der Waals surface area contributed by atoms with Crippen molar-refractivity contribution in [3.8, 4) is 5.88 Å². The number of carbonyl (C=O) groups is 3. The molecule has 5 rings (SSSR count). The molecule has 0 atom stereocenters. The summed E-state index contributed by atoms with van der Waals surface area (Å²) in [6.07, 6.45) is 1.22. The van der Waals surface area contributed by atoms with Gasteiger partial charge in [-0.1, -0.05) is 6.07 Å². The zero-order valence-corrected chi connectivity index (χ0v) is 21.5. The molecule has 1 aromatic carbocycles. The largest absolute Gasteiger partial charge is 0.506 e. The Labute approximate surface area is 222 Å². The van der Waals surface area contributed by atoms with Crippen molar-refractivity contribution in [3.05, 3.63) is 48.2 Å². The highest BCUT2D eigenvalue weighted by molar-refractivity contribution is 8.00. The molecule has 12 heteroatoms. The number of carboxylic acid groups (broad SMARTS) is 1. The van der Waals surface area contributed by atoms with Gasteiger partial charge < -0.3 is 30.1 Å². The van der Waals surface area contributed by atoms with Crippen molar-refractivity contribution >= 4 is 52.1 Å². The molecule has 3 aromatic rings. The monoisotopic (exact) mass is 537 g/mol. The first kappa shape index (κ1) is 25.7. The lowest BCUT2D eigenvalue weighted by Gasteiger charge is -2.39. The Morgan fingerprint density at radius 2 is 2.03 bits per heavy atom. The number of likely N-dealkylation sites (tertiary alicyclic amines) is 1. The Morgan fingerprint density at radius 3 is 2.79 bits per heavy atom. The second-order valence-electron chi connectivity index (χ2n) is 9.16. The number of carbonyl (C=O) groups excluding carboxylic acids is 2. The van der Waals surface area contributed by atoms with Gasteiger partial charge in [-0.25, -0.2) is 9.78 Å². The number of ether oxygens (including phenoxy) is 2. The number of rotatable bonds is 7. The molecule has 1 saturated heterocycles. The third-order valence-corrected chi connectivity index (χ3v) is 7.84. The lowest BCUT2D eigenvalue weighted by molar-refractivity contribution is -0.142. The van der Waals surface area contributed by atoms with Gasteiger partial charge in [0.05, 0.1) is 29.8 Å². The molecule has 0 aliphatic carbocycles. The Kier molecular flexibility index (Phi) is 7.34. The molecule has 3 N–H and O–H groups in total. The number of anilines is 2. The Balaban J connectivity index is 1.25. The van der Waals surface area contributed by atoms with Crippen molar-refractivity contribution in [1.29, 1.82) is 0 Å². The molecule has 0 spiro atoms. The molecule has 0 saturated carbocycles. The van der Waals surface area contributed by atoms with Crippen molar-refractivity contribution in [2.24, 2.45) is 0 Å². The number of nitrogens with zero attached hydrogens (tertiary/aromatic N) is 3. The van der Waals surface area contributed by atoms with Crippen LogP contribution in [0.5, 0.6) is 5.88 Å². The summed E-state index contributed by atoms with van der Waals surface area (Å²) in [4.78, 5) is 48.6. The average Bonchev–Trinajstić information content (AvgIpc) is 2.92. The van der Waals surface area contributed by atoms with Gasteiger partial charge in [-0.15, -0.1) is 11.8 Å². The number of hydrogen-bond donors (Lipinski definition) is 3. The maximum atomic E-state index is 13.4. The van der Waals surface area contributed by atoms with E-state index in [2.05, 4.69) is 31.6 Å². The van der Waals surface area contributed by atoms with Crippen molar-refractivity contribution in [2.75, 3.05) is 43.1 Å². The minimum atomic E-state index is -1.52. The van der Waals surface area contributed by atoms with E-state index in [1.807, 2.05) is 12.1 Å². The quantitative estimate of drug-likeness (QED) is 0.384. The van der Waals surface area contributed by atoms with Crippen LogP contribution >= 0.6 is 11.8 Å². The van der Waals surface area contributed by atoms with Gasteiger partial charge in [0, 0.05) is 49.6 Å². The van der Waals surface area contributed by atoms with Crippen LogP contribution in [0.15, 0.2) is 47.5 Å². The lowest BCUT2D eigenvalue weighted by atomic mass is 9.89. The topological polar surface area (TPSA) is 143 Å². The first-order valence-electron chi connectivity index (χ1n) is 12.2. The summed E-state index contributed by atoms with van der Waals surface area (Å²) < 4.78 is 10.4. The molecule has 0 bridgehead atoms. The molecule has 198 valence electrons. The van der Waals surface area contributed by atoms with Crippen LogP contribution in [0.1, 0.15) is 18.4 Å². The zero-order valence-electron chi connectivity index (χ0n) is 20.7. The summed E-state index contributed by atoms with van der Waals surface area (Å²) in [5.74, 6) is 0.250. The van der Waals surface area contributed by atoms with Gasteiger partial charge in [0.1, 0.15) is 5.52 Å². The smallest absolute Gasteiger partial charge is 0.481 e. The molecule has 2 aliphatic heterocycles. The fourth-order valence-corrected chi connectivity index (χ4v) is 5.50. The molecular weight excluding hydrogens is 510 g/mol. The highest BCUT2D eigenvalue weighted by Gasteiger charge is 2.45. The number of thioether (sulfide) groups is 1. The standard InChI is InChI=1S/C26H27N5O6S/c1-36-22-5-3-17-23(30-22)18(6-10-27-17)29-24(33)26(37-25(34)35)8-12-31(13-9-26)11-7-16-2-4-20-19(14-16)28-21(32)15-38-20/h2-6,10,14H,7-9,11-13,15H2,1H3,(H,28,32)(H,34,35)(H,27,29,33). The summed E-state index contributed by atoms with van der Waals surface area (Å²) >= 11 is 1.53. The predicted octanol–water partition coefficient (Wildman–Crippen LogP) is 3.39. The van der Waals surface area contributed by atoms with Gasteiger partial charge >= 0.3 is 6.16 Å².